The average molecular weight is 326 g/mol. The van der Waals surface area contributed by atoms with Gasteiger partial charge in [0.1, 0.15) is 6.10 Å². The summed E-state index contributed by atoms with van der Waals surface area (Å²) in [5, 5.41) is 5.80. The van der Waals surface area contributed by atoms with E-state index >= 15 is 0 Å². The Balaban J connectivity index is 1.79. The van der Waals surface area contributed by atoms with Gasteiger partial charge in [0.25, 0.3) is 0 Å². The van der Waals surface area contributed by atoms with Crippen molar-refractivity contribution in [3.63, 3.8) is 0 Å². The summed E-state index contributed by atoms with van der Waals surface area (Å²) in [5.41, 5.74) is -0.788. The van der Waals surface area contributed by atoms with Crippen molar-refractivity contribution in [2.75, 3.05) is 0 Å². The fourth-order valence-electron chi connectivity index (χ4n) is 4.72. The third-order valence-corrected chi connectivity index (χ3v) is 6.43. The lowest BCUT2D eigenvalue weighted by atomic mass is 9.53. The monoisotopic (exact) mass is 326 g/mol. The van der Waals surface area contributed by atoms with Crippen molar-refractivity contribution in [2.24, 2.45) is 17.8 Å². The number of hydrogen-bond acceptors (Lipinski definition) is 4. The van der Waals surface area contributed by atoms with Gasteiger partial charge in [-0.2, -0.15) is 17.2 Å². The molecule has 0 aliphatic heterocycles. The molecule has 3 unspecified atom stereocenters. The van der Waals surface area contributed by atoms with E-state index in [1.54, 1.807) is 0 Å². The number of ether oxygens (including phenoxy) is 1. The van der Waals surface area contributed by atoms with E-state index in [0.29, 0.717) is 25.2 Å². The van der Waals surface area contributed by atoms with Crippen LogP contribution in [0.25, 0.3) is 0 Å². The Hall–Kier alpha value is -0.310. The van der Waals surface area contributed by atoms with Crippen LogP contribution in [0, 0.1) is 17.8 Å². The van der Waals surface area contributed by atoms with Crippen LogP contribution in [0.15, 0.2) is 0 Å². The predicted molar refractivity (Wildman–Crippen MR) is 69.3 cm³/mol. The van der Waals surface area contributed by atoms with Crippen LogP contribution in [0.1, 0.15) is 39.0 Å². The largest absolute Gasteiger partial charge is 0.394 e. The highest BCUT2D eigenvalue weighted by atomic mass is 32.2. The molecule has 0 aromatic carbocycles. The minimum atomic E-state index is -5.50. The molecule has 0 heterocycles. The lowest BCUT2D eigenvalue weighted by molar-refractivity contribution is -0.238. The van der Waals surface area contributed by atoms with Crippen LogP contribution < -0.4 is 0 Å². The van der Waals surface area contributed by atoms with Crippen molar-refractivity contribution in [2.45, 2.75) is 62.1 Å². The van der Waals surface area contributed by atoms with Crippen LogP contribution in [0.4, 0.5) is 8.78 Å². The van der Waals surface area contributed by atoms with Crippen LogP contribution in [-0.4, -0.2) is 41.1 Å². The highest BCUT2D eigenvalue weighted by Crippen LogP contribution is 2.57. The zero-order valence-electron chi connectivity index (χ0n) is 11.7. The Bertz CT molecular complexity index is 519. The minimum Gasteiger partial charge on any atom is -0.393 e. The zero-order valence-corrected chi connectivity index (χ0v) is 12.5. The molecule has 0 aromatic rings. The van der Waals surface area contributed by atoms with Crippen molar-refractivity contribution in [3.05, 3.63) is 0 Å². The van der Waals surface area contributed by atoms with E-state index in [9.17, 15) is 22.3 Å². The van der Waals surface area contributed by atoms with Gasteiger partial charge in [0.15, 0.2) is 0 Å². The number of alkyl halides is 2. The smallest absolute Gasteiger partial charge is 0.393 e. The third-order valence-electron chi connectivity index (χ3n) is 5.41. The maximum Gasteiger partial charge on any atom is 0.394 e. The summed E-state index contributed by atoms with van der Waals surface area (Å²) in [6.07, 6.45) is 1.02. The summed E-state index contributed by atoms with van der Waals surface area (Å²) in [6.45, 7) is 0.975. The second kappa shape index (κ2) is 4.59. The highest BCUT2D eigenvalue weighted by molar-refractivity contribution is 7.86. The lowest BCUT2D eigenvalue weighted by Gasteiger charge is -2.58. The Morgan fingerprint density at radius 2 is 1.76 bits per heavy atom. The number of halogens is 2. The predicted octanol–water partition coefficient (Wildman–Crippen LogP) is 1.81. The summed E-state index contributed by atoms with van der Waals surface area (Å²) in [5.74, 6) is 0.433. The molecule has 3 atom stereocenters. The maximum atomic E-state index is 13.7. The van der Waals surface area contributed by atoms with Gasteiger partial charge in [0.2, 0.25) is 0 Å². The first-order chi connectivity index (χ1) is 9.54. The summed E-state index contributed by atoms with van der Waals surface area (Å²) in [4.78, 5) is 0. The number of aliphatic hydroxyl groups excluding tert-OH is 1. The van der Waals surface area contributed by atoms with Crippen LogP contribution in [0.2, 0.25) is 0 Å². The van der Waals surface area contributed by atoms with E-state index in [2.05, 4.69) is 0 Å². The van der Waals surface area contributed by atoms with Gasteiger partial charge in [-0.3, -0.25) is 4.55 Å². The first kappa shape index (κ1) is 15.6. The van der Waals surface area contributed by atoms with Crippen molar-refractivity contribution < 1.29 is 31.6 Å². The van der Waals surface area contributed by atoms with E-state index in [4.69, 9.17) is 9.29 Å². The van der Waals surface area contributed by atoms with E-state index in [0.717, 1.165) is 19.8 Å². The second-order valence-corrected chi connectivity index (χ2v) is 8.43. The van der Waals surface area contributed by atoms with Crippen LogP contribution >= 0.6 is 0 Å². The molecule has 8 heteroatoms. The molecule has 122 valence electrons. The lowest BCUT2D eigenvalue weighted by Crippen LogP contribution is -2.60. The van der Waals surface area contributed by atoms with E-state index in [1.165, 1.54) is 0 Å². The van der Waals surface area contributed by atoms with Gasteiger partial charge in [-0.05, 0) is 56.8 Å². The highest BCUT2D eigenvalue weighted by Gasteiger charge is 2.59. The van der Waals surface area contributed by atoms with Crippen LogP contribution in [0.3, 0.4) is 0 Å². The molecule has 4 bridgehead atoms. The normalized spacial score (nSPS) is 44.0. The Morgan fingerprint density at radius 3 is 2.24 bits per heavy atom. The van der Waals surface area contributed by atoms with Crippen molar-refractivity contribution in [1.29, 1.82) is 0 Å². The molecule has 5 nitrogen and oxygen atoms in total. The molecule has 4 fully saturated rings. The molecular weight excluding hydrogens is 306 g/mol. The molecule has 0 radical (unpaired) electrons. The molecule has 4 aliphatic carbocycles. The number of hydrogen-bond donors (Lipinski definition) is 2. The Morgan fingerprint density at radius 1 is 1.24 bits per heavy atom. The maximum absolute atomic E-state index is 13.7. The van der Waals surface area contributed by atoms with Crippen molar-refractivity contribution in [3.8, 4) is 0 Å². The van der Waals surface area contributed by atoms with Gasteiger partial charge < -0.3 is 9.84 Å². The first-order valence-electron chi connectivity index (χ1n) is 7.25. The molecule has 4 rings (SSSR count). The van der Waals surface area contributed by atoms with Gasteiger partial charge in [0.05, 0.1) is 11.7 Å². The second-order valence-electron chi connectivity index (χ2n) is 6.94. The topological polar surface area (TPSA) is 83.8 Å². The van der Waals surface area contributed by atoms with Gasteiger partial charge in [-0.1, -0.05) is 0 Å². The quantitative estimate of drug-likeness (QED) is 0.770. The number of aliphatic hydroxyl groups is 1. The molecular formula is C13H20F2O5S. The fourth-order valence-corrected chi connectivity index (χ4v) is 5.19. The van der Waals surface area contributed by atoms with E-state index in [1.807, 2.05) is 0 Å². The third kappa shape index (κ3) is 2.40. The van der Waals surface area contributed by atoms with Gasteiger partial charge in [-0.15, -0.1) is 0 Å². The van der Waals surface area contributed by atoms with Gasteiger partial charge in [0, 0.05) is 0 Å². The molecule has 0 spiro atoms. The summed E-state index contributed by atoms with van der Waals surface area (Å²) in [7, 11) is -5.50. The zero-order chi connectivity index (χ0) is 15.6. The van der Waals surface area contributed by atoms with Gasteiger partial charge >= 0.3 is 15.4 Å². The molecule has 4 saturated carbocycles. The van der Waals surface area contributed by atoms with Crippen molar-refractivity contribution >= 4 is 10.1 Å². The van der Waals surface area contributed by atoms with Crippen LogP contribution in [-0.2, 0) is 14.9 Å². The molecule has 0 saturated heterocycles. The Kier molecular flexibility index (Phi) is 3.41. The SMILES string of the molecule is CC(OC12CC3CC(C1)C(O)C(C3)C2)C(F)(F)S(=O)(=O)O. The van der Waals surface area contributed by atoms with E-state index < -0.39 is 33.2 Å². The molecule has 2 N–H and O–H groups in total. The fraction of sp³-hybridized carbons (Fsp3) is 1.00. The Labute approximate surface area is 122 Å². The number of rotatable bonds is 4. The van der Waals surface area contributed by atoms with Crippen LogP contribution in [0.5, 0.6) is 0 Å². The summed E-state index contributed by atoms with van der Waals surface area (Å²) < 4.78 is 63.1. The van der Waals surface area contributed by atoms with Gasteiger partial charge in [-0.25, -0.2) is 0 Å². The van der Waals surface area contributed by atoms with Crippen molar-refractivity contribution in [1.82, 2.24) is 0 Å². The summed E-state index contributed by atoms with van der Waals surface area (Å²) >= 11 is 0. The minimum absolute atomic E-state index is 0.0443. The molecule has 21 heavy (non-hydrogen) atoms. The standard InChI is InChI=1S/C13H20F2O5S/c1-7(13(14,15)21(17,18)19)20-12-4-8-2-9(5-12)11(16)10(3-8)6-12/h7-11,16H,2-6H2,1H3,(H,17,18,19). The molecule has 4 aliphatic rings. The molecule has 0 aromatic heterocycles. The average Bonchev–Trinajstić information content (AvgIpc) is 2.32. The molecule has 0 amide bonds. The summed E-state index contributed by atoms with van der Waals surface area (Å²) in [6, 6.07) is 0. The van der Waals surface area contributed by atoms with E-state index in [-0.39, 0.29) is 11.8 Å². The first-order valence-corrected chi connectivity index (χ1v) is 8.69.